The number of rotatable bonds is 22. The summed E-state index contributed by atoms with van der Waals surface area (Å²) < 4.78 is 215. The standard InChI is InChI=1S/C33H34ClN13O19S7/c34-31-39-32(37-9-10-69(52,53)54)41-33(40-31)38-22-15-24(26(72(61,62)63)16-23(22)44-42-18-1-5-20(6-2-18)67(48,49)11-13-70(55,56)57)45-46-25-17-27(73(64,65)66)29(36)30(28(25)35)47-43-19-3-7-21(8-4-19)68(50,51)12-14-71(58,59)60/h1-8,15-17H,9-14,35-36H2,(H,52,53,54)(H,55,56,57)(H,58,59,60)(H,61,62,63)(H,64,65,66)(H2,37,38,39,40,41). The highest BCUT2D eigenvalue weighted by Gasteiger charge is 2.25. The van der Waals surface area contributed by atoms with Gasteiger partial charge in [0.15, 0.2) is 19.7 Å². The van der Waals surface area contributed by atoms with Crippen LogP contribution in [-0.4, -0.2) is 132 Å². The molecule has 0 aliphatic carbocycles. The summed E-state index contributed by atoms with van der Waals surface area (Å²) in [7, 11) is -32.8. The number of hydrogen-bond donors (Lipinski definition) is 9. The van der Waals surface area contributed by atoms with Crippen molar-refractivity contribution in [3.05, 3.63) is 72.0 Å². The van der Waals surface area contributed by atoms with Gasteiger partial charge in [0.1, 0.15) is 32.5 Å². The predicted octanol–water partition coefficient (Wildman–Crippen LogP) is 3.80. The second kappa shape index (κ2) is 22.0. The summed E-state index contributed by atoms with van der Waals surface area (Å²) in [6.07, 6.45) is 0. The molecular weight excluding hydrogens is 1140 g/mol. The van der Waals surface area contributed by atoms with Crippen LogP contribution >= 0.6 is 11.6 Å². The maximum Gasteiger partial charge on any atom is 0.296 e. The molecule has 0 amide bonds. The fourth-order valence-corrected chi connectivity index (χ4v) is 12.2. The first-order valence-electron chi connectivity index (χ1n) is 19.0. The molecule has 73 heavy (non-hydrogen) atoms. The van der Waals surface area contributed by atoms with Crippen molar-refractivity contribution < 1.29 is 81.7 Å². The van der Waals surface area contributed by atoms with Gasteiger partial charge in [-0.05, 0) is 78.3 Å². The van der Waals surface area contributed by atoms with E-state index >= 15 is 0 Å². The second-order valence-electron chi connectivity index (χ2n) is 14.2. The van der Waals surface area contributed by atoms with E-state index < -0.39 is 171 Å². The van der Waals surface area contributed by atoms with Crippen molar-refractivity contribution in [2.75, 3.05) is 57.4 Å². The van der Waals surface area contributed by atoms with E-state index in [9.17, 15) is 68.0 Å². The molecule has 4 aromatic carbocycles. The fourth-order valence-electron chi connectivity index (χ4n) is 5.42. The van der Waals surface area contributed by atoms with Crippen molar-refractivity contribution in [1.82, 2.24) is 15.0 Å². The van der Waals surface area contributed by atoms with Gasteiger partial charge < -0.3 is 22.1 Å². The Morgan fingerprint density at radius 2 is 0.918 bits per heavy atom. The maximum atomic E-state index is 12.9. The van der Waals surface area contributed by atoms with Gasteiger partial charge in [0.2, 0.25) is 17.2 Å². The lowest BCUT2D eigenvalue weighted by Gasteiger charge is -2.13. The Hall–Kier alpha value is -6.37. The third-order valence-corrected chi connectivity index (χ3v) is 17.0. The fraction of sp³-hybridized carbons (Fsp3) is 0.182. The third-order valence-electron chi connectivity index (χ3n) is 8.87. The molecule has 0 fully saturated rings. The minimum atomic E-state index is -5.37. The number of halogens is 1. The summed E-state index contributed by atoms with van der Waals surface area (Å²) in [5, 5.41) is 27.7. The summed E-state index contributed by atoms with van der Waals surface area (Å²) in [5.41, 5.74) is 7.40. The molecule has 0 atom stereocenters. The van der Waals surface area contributed by atoms with Gasteiger partial charge >= 0.3 is 0 Å². The molecule has 32 nitrogen and oxygen atoms in total. The summed E-state index contributed by atoms with van der Waals surface area (Å²) in [6.45, 7) is -0.452. The van der Waals surface area contributed by atoms with Gasteiger partial charge in [-0.3, -0.25) is 22.8 Å². The number of nitrogens with two attached hydrogens (primary N) is 2. The topological polar surface area (TPSA) is 529 Å². The number of aromatic nitrogens is 3. The first kappa shape index (κ1) is 57.5. The number of hydrogen-bond acceptors (Lipinski definition) is 27. The average molecular weight is 1180 g/mol. The van der Waals surface area contributed by atoms with Crippen molar-refractivity contribution in [3.8, 4) is 0 Å². The van der Waals surface area contributed by atoms with E-state index in [1.165, 1.54) is 0 Å². The van der Waals surface area contributed by atoms with E-state index in [4.69, 9.17) is 36.7 Å². The third kappa shape index (κ3) is 16.8. The molecule has 0 spiro atoms. The first-order chi connectivity index (χ1) is 33.5. The summed E-state index contributed by atoms with van der Waals surface area (Å²) >= 11 is 6.05. The van der Waals surface area contributed by atoms with Crippen molar-refractivity contribution in [1.29, 1.82) is 0 Å². The highest BCUT2D eigenvalue weighted by atomic mass is 35.5. The average Bonchev–Trinajstić information content (AvgIpc) is 3.25. The van der Waals surface area contributed by atoms with Crippen molar-refractivity contribution in [2.45, 2.75) is 19.6 Å². The van der Waals surface area contributed by atoms with E-state index in [1.807, 2.05) is 0 Å². The van der Waals surface area contributed by atoms with Crippen LogP contribution in [0.2, 0.25) is 5.28 Å². The lowest BCUT2D eigenvalue weighted by molar-refractivity contribution is 0.481. The zero-order valence-corrected chi connectivity index (χ0v) is 42.4. The molecule has 0 saturated carbocycles. The molecule has 0 radical (unpaired) electrons. The first-order valence-corrected chi connectivity index (χ1v) is 30.4. The Morgan fingerprint density at radius 1 is 0.479 bits per heavy atom. The van der Waals surface area contributed by atoms with Gasteiger partial charge in [-0.2, -0.15) is 67.3 Å². The normalized spacial score (nSPS) is 13.3. The van der Waals surface area contributed by atoms with Crippen LogP contribution in [-0.2, 0) is 70.3 Å². The maximum absolute atomic E-state index is 12.9. The molecule has 1 heterocycles. The number of azo groups is 3. The quantitative estimate of drug-likeness (QED) is 0.0270. The predicted molar refractivity (Wildman–Crippen MR) is 257 cm³/mol. The molecule has 0 bridgehead atoms. The summed E-state index contributed by atoms with van der Waals surface area (Å²) in [6, 6.07) is 10.4. The van der Waals surface area contributed by atoms with Crippen molar-refractivity contribution >= 4 is 145 Å². The number of nitrogens with one attached hydrogen (secondary N) is 2. The molecule has 5 aromatic rings. The van der Waals surface area contributed by atoms with Crippen molar-refractivity contribution in [3.63, 3.8) is 0 Å². The molecule has 11 N–H and O–H groups in total. The van der Waals surface area contributed by atoms with Crippen LogP contribution in [0.4, 0.5) is 63.1 Å². The van der Waals surface area contributed by atoms with E-state index in [2.05, 4.69) is 56.3 Å². The molecule has 0 aliphatic rings. The Labute approximate surface area is 418 Å². The van der Waals surface area contributed by atoms with E-state index in [-0.39, 0.29) is 23.0 Å². The Morgan fingerprint density at radius 3 is 1.40 bits per heavy atom. The largest absolute Gasteiger partial charge is 0.396 e. The van der Waals surface area contributed by atoms with Crippen LogP contribution in [0.5, 0.6) is 0 Å². The van der Waals surface area contributed by atoms with Crippen LogP contribution in [0.15, 0.2) is 117 Å². The number of benzene rings is 4. The highest BCUT2D eigenvalue weighted by molar-refractivity contribution is 7.93. The molecule has 0 saturated heterocycles. The Bertz CT molecular complexity index is 3890. The van der Waals surface area contributed by atoms with Gasteiger partial charge in [-0.15, -0.1) is 20.5 Å². The molecule has 1 aromatic heterocycles. The second-order valence-corrected chi connectivity index (χ2v) is 26.3. The number of nitrogens with zero attached hydrogens (tertiary/aromatic N) is 9. The Balaban J connectivity index is 1.62. The van der Waals surface area contributed by atoms with Crippen LogP contribution in [0.25, 0.3) is 0 Å². The van der Waals surface area contributed by atoms with Gasteiger partial charge in [0, 0.05) is 6.54 Å². The van der Waals surface area contributed by atoms with Gasteiger partial charge in [0.05, 0.1) is 67.0 Å². The van der Waals surface area contributed by atoms with E-state index in [0.29, 0.717) is 12.1 Å². The van der Waals surface area contributed by atoms with E-state index in [0.717, 1.165) is 54.6 Å². The van der Waals surface area contributed by atoms with Gasteiger partial charge in [-0.1, -0.05) is 0 Å². The van der Waals surface area contributed by atoms with Gasteiger partial charge in [-0.25, -0.2) is 16.8 Å². The molecule has 0 aliphatic heterocycles. The number of nitrogen functional groups attached to an aromatic ring is 2. The lowest BCUT2D eigenvalue weighted by Crippen LogP contribution is -2.16. The molecule has 5 rings (SSSR count). The highest BCUT2D eigenvalue weighted by Crippen LogP contribution is 2.44. The molecular formula is C33H34ClN13O19S7. The summed E-state index contributed by atoms with van der Waals surface area (Å²) in [5.74, 6) is -5.85. The lowest BCUT2D eigenvalue weighted by atomic mass is 10.2. The zero-order chi connectivity index (χ0) is 54.5. The molecule has 40 heteroatoms. The number of sulfone groups is 2. The van der Waals surface area contributed by atoms with Crippen LogP contribution in [0.1, 0.15) is 0 Å². The zero-order valence-electron chi connectivity index (χ0n) is 36.0. The van der Waals surface area contributed by atoms with Crippen LogP contribution < -0.4 is 22.1 Å². The van der Waals surface area contributed by atoms with Crippen LogP contribution in [0, 0.1) is 0 Å². The number of anilines is 5. The van der Waals surface area contributed by atoms with Crippen molar-refractivity contribution in [2.24, 2.45) is 30.7 Å². The monoisotopic (exact) mass is 1170 g/mol. The minimum Gasteiger partial charge on any atom is -0.396 e. The molecule has 0 unspecified atom stereocenters. The summed E-state index contributed by atoms with van der Waals surface area (Å²) in [4.78, 5) is 8.68. The van der Waals surface area contributed by atoms with Crippen LogP contribution in [0.3, 0.4) is 0 Å². The smallest absolute Gasteiger partial charge is 0.296 e. The van der Waals surface area contributed by atoms with E-state index in [1.54, 1.807) is 0 Å². The molecule has 394 valence electrons. The van der Waals surface area contributed by atoms with Gasteiger partial charge in [0.25, 0.3) is 50.6 Å². The Kier molecular flexibility index (Phi) is 17.3. The SMILES string of the molecule is Nc1c(N=Nc2cc(Nc3nc(Cl)nc(NCCS(=O)(=O)O)n3)c(N=Nc3ccc(S(=O)(=O)CCS(=O)(=O)O)cc3)cc2S(=O)(=O)O)cc(S(=O)(=O)O)c(N)c1N=Nc1ccc(S(=O)(=O)CCS(=O)(=O)O)cc1. The minimum absolute atomic E-state index is 0.120.